The van der Waals surface area contributed by atoms with Crippen molar-refractivity contribution in [3.8, 4) is 0 Å². The Labute approximate surface area is 216 Å². The first-order valence-electron chi connectivity index (χ1n) is 12.1. The van der Waals surface area contributed by atoms with E-state index >= 15 is 0 Å². The Balaban J connectivity index is 5.51. The van der Waals surface area contributed by atoms with E-state index in [1.165, 1.54) is 0 Å². The highest BCUT2D eigenvalue weighted by atomic mass is 28.4. The fourth-order valence-corrected chi connectivity index (χ4v) is 9.87. The van der Waals surface area contributed by atoms with Gasteiger partial charge in [0.1, 0.15) is 0 Å². The average molecular weight is 561 g/mol. The summed E-state index contributed by atoms with van der Waals surface area (Å²) in [4.78, 5) is 0. The summed E-state index contributed by atoms with van der Waals surface area (Å²) in [6, 6.07) is 2.04. The predicted molar refractivity (Wildman–Crippen MR) is 142 cm³/mol. The Kier molecular flexibility index (Phi) is 17.8. The van der Waals surface area contributed by atoms with Crippen LogP contribution >= 0.6 is 0 Å². The van der Waals surface area contributed by atoms with E-state index in [2.05, 4.69) is 0 Å². The molecule has 0 spiro atoms. The topological polar surface area (TPSA) is 135 Å². The van der Waals surface area contributed by atoms with Crippen LogP contribution in [0, 0.1) is 5.92 Å². The van der Waals surface area contributed by atoms with E-state index in [0.717, 1.165) is 38.5 Å². The van der Waals surface area contributed by atoms with E-state index in [-0.39, 0.29) is 5.92 Å². The first-order chi connectivity index (χ1) is 16.6. The van der Waals surface area contributed by atoms with Gasteiger partial charge in [-0.1, -0.05) is 0 Å². The predicted octanol–water partition coefficient (Wildman–Crippen LogP) is 2.23. The summed E-state index contributed by atoms with van der Waals surface area (Å²) >= 11 is 0. The van der Waals surface area contributed by atoms with Crippen LogP contribution in [0.4, 0.5) is 0 Å². The van der Waals surface area contributed by atoms with Crippen LogP contribution in [0.1, 0.15) is 38.5 Å². The number of hydrogen-bond acceptors (Lipinski definition) is 11. The van der Waals surface area contributed by atoms with Crippen molar-refractivity contribution in [2.24, 2.45) is 17.4 Å². The molecule has 14 heteroatoms. The molecule has 0 aliphatic carbocycles. The number of nitrogens with two attached hydrogens (primary N) is 2. The molecule has 0 aromatic carbocycles. The average Bonchev–Trinajstić information content (AvgIpc) is 2.90. The molecular weight excluding hydrogens is 508 g/mol. The molecule has 0 aliphatic heterocycles. The SMILES string of the molecule is CO[Si](CCCC(CN)C(N)(CCC[Si](OC)(OC)OC)CCC[Si](OC)(OC)OC)(OC)OC. The molecule has 0 rings (SSSR count). The lowest BCUT2D eigenvalue weighted by Gasteiger charge is -2.39. The zero-order valence-electron chi connectivity index (χ0n) is 23.5. The maximum Gasteiger partial charge on any atom is 0.500 e. The zero-order valence-corrected chi connectivity index (χ0v) is 26.5. The molecule has 0 amide bonds. The molecule has 0 radical (unpaired) electrons. The Bertz CT molecular complexity index is 489. The molecule has 1 unspecified atom stereocenters. The molecule has 0 saturated heterocycles. The fraction of sp³-hybridized carbons (Fsp3) is 1.00. The van der Waals surface area contributed by atoms with Crippen LogP contribution in [-0.2, 0) is 39.8 Å². The largest absolute Gasteiger partial charge is 0.500 e. The highest BCUT2D eigenvalue weighted by molar-refractivity contribution is 6.61. The lowest BCUT2D eigenvalue weighted by molar-refractivity contribution is 0.116. The minimum absolute atomic E-state index is 0.0900. The van der Waals surface area contributed by atoms with Crippen molar-refractivity contribution in [2.45, 2.75) is 62.2 Å². The van der Waals surface area contributed by atoms with Crippen LogP contribution in [0.5, 0.6) is 0 Å². The minimum Gasteiger partial charge on any atom is -0.377 e. The summed E-state index contributed by atoms with van der Waals surface area (Å²) < 4.78 is 50.3. The summed E-state index contributed by atoms with van der Waals surface area (Å²) in [5.74, 6) is 0.0900. The van der Waals surface area contributed by atoms with Gasteiger partial charge in [-0.3, -0.25) is 0 Å². The van der Waals surface area contributed by atoms with E-state index in [1.54, 1.807) is 64.0 Å². The molecule has 0 aromatic heterocycles. The second-order valence-corrected chi connectivity index (χ2v) is 17.9. The molecule has 0 fully saturated rings. The summed E-state index contributed by atoms with van der Waals surface area (Å²) in [6.07, 6.45) is 4.76. The highest BCUT2D eigenvalue weighted by Gasteiger charge is 2.43. The third-order valence-electron chi connectivity index (χ3n) is 7.18. The third-order valence-corrected chi connectivity index (χ3v) is 15.7. The first-order valence-corrected chi connectivity index (χ1v) is 17.9. The Morgan fingerprint density at radius 1 is 0.543 bits per heavy atom. The van der Waals surface area contributed by atoms with Gasteiger partial charge in [0.25, 0.3) is 0 Å². The molecule has 11 nitrogen and oxygen atoms in total. The molecule has 0 aliphatic rings. The van der Waals surface area contributed by atoms with Crippen molar-refractivity contribution in [1.82, 2.24) is 0 Å². The van der Waals surface area contributed by atoms with Crippen LogP contribution in [-0.4, -0.2) is 102 Å². The Morgan fingerprint density at radius 2 is 0.829 bits per heavy atom. The first kappa shape index (κ1) is 35.2. The van der Waals surface area contributed by atoms with Crippen LogP contribution < -0.4 is 11.5 Å². The Hall–Kier alpha value is 0.211. The van der Waals surface area contributed by atoms with Crippen LogP contribution in [0.3, 0.4) is 0 Å². The lowest BCUT2D eigenvalue weighted by Crippen LogP contribution is -2.52. The Morgan fingerprint density at radius 3 is 1.09 bits per heavy atom. The molecule has 0 heterocycles. The van der Waals surface area contributed by atoms with Crippen molar-refractivity contribution in [1.29, 1.82) is 0 Å². The molecule has 212 valence electrons. The standard InChI is InChI=1S/C21H52N2O9Si3/c1-24-33(25-2,26-3)16-10-13-20(19-22)21(23,14-11-17-34(27-4,28-5)29-6)15-12-18-35(30-7,31-8)32-9/h20H,10-19,22-23H2,1-9H3. The van der Waals surface area contributed by atoms with Gasteiger partial charge in [-0.2, -0.15) is 0 Å². The summed E-state index contributed by atoms with van der Waals surface area (Å²) in [7, 11) is 6.59. The summed E-state index contributed by atoms with van der Waals surface area (Å²) in [6.45, 7) is 0.473. The van der Waals surface area contributed by atoms with E-state index in [0.29, 0.717) is 24.7 Å². The van der Waals surface area contributed by atoms with Crippen molar-refractivity contribution < 1.29 is 39.8 Å². The van der Waals surface area contributed by atoms with Gasteiger partial charge in [-0.25, -0.2) is 0 Å². The van der Waals surface area contributed by atoms with Crippen LogP contribution in [0.2, 0.25) is 18.1 Å². The number of rotatable bonds is 23. The van der Waals surface area contributed by atoms with Gasteiger partial charge in [0.15, 0.2) is 0 Å². The lowest BCUT2D eigenvalue weighted by atomic mass is 9.75. The van der Waals surface area contributed by atoms with E-state index < -0.39 is 32.0 Å². The molecule has 0 saturated carbocycles. The second-order valence-electron chi connectivity index (χ2n) is 8.65. The van der Waals surface area contributed by atoms with Crippen LogP contribution in [0.25, 0.3) is 0 Å². The molecule has 4 N–H and O–H groups in total. The number of hydrogen-bond donors (Lipinski definition) is 2. The molecule has 1 atom stereocenters. The van der Waals surface area contributed by atoms with Crippen molar-refractivity contribution in [3.63, 3.8) is 0 Å². The van der Waals surface area contributed by atoms with Crippen molar-refractivity contribution in [2.75, 3.05) is 70.5 Å². The van der Waals surface area contributed by atoms with E-state index in [4.69, 9.17) is 51.3 Å². The van der Waals surface area contributed by atoms with Gasteiger partial charge >= 0.3 is 26.4 Å². The fourth-order valence-electron chi connectivity index (χ4n) is 4.67. The van der Waals surface area contributed by atoms with E-state index in [9.17, 15) is 0 Å². The minimum atomic E-state index is -2.69. The third kappa shape index (κ3) is 10.5. The van der Waals surface area contributed by atoms with Crippen molar-refractivity contribution >= 4 is 26.4 Å². The van der Waals surface area contributed by atoms with Gasteiger partial charge in [-0.05, 0) is 51.0 Å². The van der Waals surface area contributed by atoms with E-state index in [1.807, 2.05) is 0 Å². The maximum absolute atomic E-state index is 7.13. The second kappa shape index (κ2) is 17.7. The normalized spacial score (nSPS) is 14.5. The summed E-state index contributed by atoms with van der Waals surface area (Å²) in [5.41, 5.74) is 12.9. The van der Waals surface area contributed by atoms with Gasteiger partial charge < -0.3 is 51.3 Å². The monoisotopic (exact) mass is 560 g/mol. The highest BCUT2D eigenvalue weighted by Crippen LogP contribution is 2.34. The molecule has 0 aromatic rings. The molecular formula is C21H52N2O9Si3. The summed E-state index contributed by atoms with van der Waals surface area (Å²) in [5, 5.41) is 0. The van der Waals surface area contributed by atoms with Gasteiger partial charge in [0.05, 0.1) is 0 Å². The van der Waals surface area contributed by atoms with Gasteiger partial charge in [0, 0.05) is 87.7 Å². The van der Waals surface area contributed by atoms with Gasteiger partial charge in [-0.15, -0.1) is 0 Å². The quantitative estimate of drug-likeness (QED) is 0.178. The van der Waals surface area contributed by atoms with Gasteiger partial charge in [0.2, 0.25) is 0 Å². The van der Waals surface area contributed by atoms with Crippen LogP contribution in [0.15, 0.2) is 0 Å². The molecule has 0 bridgehead atoms. The molecule has 35 heavy (non-hydrogen) atoms. The zero-order chi connectivity index (χ0) is 27.0. The smallest absolute Gasteiger partial charge is 0.377 e. The maximum atomic E-state index is 7.13. The van der Waals surface area contributed by atoms with Crippen molar-refractivity contribution in [3.05, 3.63) is 0 Å².